The molecule has 39 heavy (non-hydrogen) atoms. The molecule has 1 fully saturated rings. The lowest BCUT2D eigenvalue weighted by molar-refractivity contribution is 0.0734. The Morgan fingerprint density at radius 2 is 1.69 bits per heavy atom. The van der Waals surface area contributed by atoms with Gasteiger partial charge in [-0.1, -0.05) is 38.1 Å². The Bertz CT molecular complexity index is 1640. The van der Waals surface area contributed by atoms with E-state index in [-0.39, 0.29) is 10.5 Å². The molecule has 0 aliphatic carbocycles. The van der Waals surface area contributed by atoms with Crippen molar-refractivity contribution in [1.29, 1.82) is 5.26 Å². The van der Waals surface area contributed by atoms with Crippen LogP contribution in [0.15, 0.2) is 77.7 Å². The summed E-state index contributed by atoms with van der Waals surface area (Å²) in [6.45, 7) is 5.12. The zero-order chi connectivity index (χ0) is 27.6. The summed E-state index contributed by atoms with van der Waals surface area (Å²) in [5, 5.41) is 10.3. The Hall–Kier alpha value is -3.84. The molecule has 7 nitrogen and oxygen atoms in total. The Labute approximate surface area is 232 Å². The number of aromatic nitrogens is 1. The molecule has 2 heterocycles. The van der Waals surface area contributed by atoms with Crippen molar-refractivity contribution in [3.05, 3.63) is 88.9 Å². The second-order valence-corrected chi connectivity index (χ2v) is 12.9. The molecule has 1 aliphatic rings. The number of carbonyl (C=O) groups is 1. The van der Waals surface area contributed by atoms with Crippen molar-refractivity contribution < 1.29 is 17.9 Å². The maximum Gasteiger partial charge on any atom is 0.343 e. The number of hydrogen-bond donors (Lipinski definition) is 0. The minimum atomic E-state index is -3.63. The van der Waals surface area contributed by atoms with Crippen LogP contribution in [0.1, 0.15) is 41.2 Å². The molecule has 1 aromatic heterocycles. The topological polar surface area (TPSA) is 100 Å². The van der Waals surface area contributed by atoms with Crippen molar-refractivity contribution in [3.63, 3.8) is 0 Å². The highest BCUT2D eigenvalue weighted by Crippen LogP contribution is 2.29. The molecule has 0 unspecified atom stereocenters. The fraction of sp³-hybridized carbons (Fsp3) is 0.233. The van der Waals surface area contributed by atoms with E-state index in [9.17, 15) is 18.5 Å². The van der Waals surface area contributed by atoms with Gasteiger partial charge in [0.2, 0.25) is 10.0 Å². The molecular formula is C30H27N3O4S2. The summed E-state index contributed by atoms with van der Waals surface area (Å²) in [7, 11) is -3.63. The number of thiazole rings is 1. The standard InChI is InChI=1S/C30H27N3O4S2/c1-20-15-21(2)19-33(18-20)39(35,36)26-13-9-23(10-14-26)30(34)37-25-11-7-22(8-12-25)16-24(17-31)29-32-27-5-3-4-6-28(27)38-29/h3-14,16,20-21H,15,18-19H2,1-2H3/b24-16+/t20-,21-/m1/s1. The van der Waals surface area contributed by atoms with Gasteiger partial charge in [-0.3, -0.25) is 0 Å². The largest absolute Gasteiger partial charge is 0.423 e. The predicted octanol–water partition coefficient (Wildman–Crippen LogP) is 6.25. The van der Waals surface area contributed by atoms with Crippen molar-refractivity contribution in [3.8, 4) is 11.8 Å². The van der Waals surface area contributed by atoms with Crippen LogP contribution in [-0.4, -0.2) is 36.8 Å². The first-order valence-electron chi connectivity index (χ1n) is 12.6. The SMILES string of the molecule is C[C@@H]1C[C@@H](C)CN(S(=O)(=O)c2ccc(C(=O)Oc3ccc(/C=C(\C#N)c4nc5ccccc5s4)cc3)cc2)C1. The van der Waals surface area contributed by atoms with Crippen LogP contribution in [0.3, 0.4) is 0 Å². The molecule has 3 aromatic carbocycles. The number of nitriles is 1. The second-order valence-electron chi connectivity index (χ2n) is 9.91. The zero-order valence-corrected chi connectivity index (χ0v) is 23.2. The summed E-state index contributed by atoms with van der Waals surface area (Å²) in [5.41, 5.74) is 2.31. The number of para-hydroxylation sites is 1. The fourth-order valence-electron chi connectivity index (χ4n) is 4.81. The second kappa shape index (κ2) is 11.1. The van der Waals surface area contributed by atoms with E-state index in [0.717, 1.165) is 22.2 Å². The van der Waals surface area contributed by atoms with Gasteiger partial charge in [0.1, 0.15) is 16.8 Å². The third-order valence-corrected chi connectivity index (χ3v) is 9.53. The maximum atomic E-state index is 13.1. The number of carbonyl (C=O) groups excluding carboxylic acids is 1. The number of piperidine rings is 1. The molecule has 0 amide bonds. The minimum Gasteiger partial charge on any atom is -0.423 e. The maximum absolute atomic E-state index is 13.1. The van der Waals surface area contributed by atoms with Gasteiger partial charge in [0.05, 0.1) is 26.2 Å². The number of nitrogens with zero attached hydrogens (tertiary/aromatic N) is 3. The van der Waals surface area contributed by atoms with E-state index in [0.29, 0.717) is 41.3 Å². The number of ether oxygens (including phenoxy) is 1. The molecule has 1 saturated heterocycles. The number of esters is 1. The van der Waals surface area contributed by atoms with Crippen LogP contribution < -0.4 is 4.74 Å². The first kappa shape index (κ1) is 26.8. The first-order valence-corrected chi connectivity index (χ1v) is 14.9. The summed E-state index contributed by atoms with van der Waals surface area (Å²) in [4.78, 5) is 17.4. The average Bonchev–Trinajstić information content (AvgIpc) is 3.36. The van der Waals surface area contributed by atoms with Gasteiger partial charge in [-0.05, 0) is 78.4 Å². The van der Waals surface area contributed by atoms with Gasteiger partial charge in [-0.15, -0.1) is 11.3 Å². The third-order valence-electron chi connectivity index (χ3n) is 6.61. The van der Waals surface area contributed by atoms with Crippen molar-refractivity contribution in [1.82, 2.24) is 9.29 Å². The molecule has 0 N–H and O–H groups in total. The lowest BCUT2D eigenvalue weighted by Gasteiger charge is -2.34. The highest BCUT2D eigenvalue weighted by Gasteiger charge is 2.31. The monoisotopic (exact) mass is 557 g/mol. The van der Waals surface area contributed by atoms with E-state index in [4.69, 9.17) is 4.74 Å². The first-order chi connectivity index (χ1) is 18.7. The van der Waals surface area contributed by atoms with Gasteiger partial charge < -0.3 is 4.74 Å². The number of benzene rings is 3. The Balaban J connectivity index is 1.26. The van der Waals surface area contributed by atoms with E-state index < -0.39 is 16.0 Å². The smallest absolute Gasteiger partial charge is 0.343 e. The summed E-state index contributed by atoms with van der Waals surface area (Å²) in [6, 6.07) is 22.6. The molecule has 0 saturated carbocycles. The molecule has 9 heteroatoms. The highest BCUT2D eigenvalue weighted by atomic mass is 32.2. The van der Waals surface area contributed by atoms with Crippen molar-refractivity contribution in [2.24, 2.45) is 11.8 Å². The minimum absolute atomic E-state index is 0.165. The van der Waals surface area contributed by atoms with Crippen LogP contribution in [0.5, 0.6) is 5.75 Å². The van der Waals surface area contributed by atoms with Crippen LogP contribution >= 0.6 is 11.3 Å². The van der Waals surface area contributed by atoms with E-state index in [1.54, 1.807) is 30.3 Å². The van der Waals surface area contributed by atoms with Gasteiger partial charge in [-0.25, -0.2) is 18.2 Å². The molecule has 198 valence electrons. The highest BCUT2D eigenvalue weighted by molar-refractivity contribution is 7.89. The number of fused-ring (bicyclic) bond motifs is 1. The zero-order valence-electron chi connectivity index (χ0n) is 21.6. The lowest BCUT2D eigenvalue weighted by Crippen LogP contribution is -2.42. The Morgan fingerprint density at radius 1 is 1.03 bits per heavy atom. The van der Waals surface area contributed by atoms with E-state index in [1.807, 2.05) is 24.3 Å². The van der Waals surface area contributed by atoms with Crippen LogP contribution in [0.2, 0.25) is 0 Å². The van der Waals surface area contributed by atoms with Crippen LogP contribution in [0.25, 0.3) is 21.9 Å². The van der Waals surface area contributed by atoms with E-state index in [2.05, 4.69) is 24.9 Å². The number of rotatable bonds is 6. The molecule has 5 rings (SSSR count). The summed E-state index contributed by atoms with van der Waals surface area (Å²) in [5.74, 6) is 0.357. The van der Waals surface area contributed by atoms with E-state index in [1.165, 1.54) is 39.9 Å². The number of hydrogen-bond acceptors (Lipinski definition) is 7. The van der Waals surface area contributed by atoms with E-state index >= 15 is 0 Å². The van der Waals surface area contributed by atoms with Gasteiger partial charge >= 0.3 is 5.97 Å². The van der Waals surface area contributed by atoms with Crippen LogP contribution in [0, 0.1) is 23.2 Å². The normalized spacial score (nSPS) is 18.5. The van der Waals surface area contributed by atoms with Gasteiger partial charge in [-0.2, -0.15) is 9.57 Å². The van der Waals surface area contributed by atoms with Crippen LogP contribution in [-0.2, 0) is 10.0 Å². The number of allylic oxidation sites excluding steroid dienone is 1. The van der Waals surface area contributed by atoms with Crippen LogP contribution in [0.4, 0.5) is 0 Å². The molecule has 4 aromatic rings. The Kier molecular flexibility index (Phi) is 7.62. The molecule has 2 atom stereocenters. The van der Waals surface area contributed by atoms with Crippen molar-refractivity contribution >= 4 is 49.2 Å². The van der Waals surface area contributed by atoms with Crippen molar-refractivity contribution in [2.75, 3.05) is 13.1 Å². The average molecular weight is 558 g/mol. The van der Waals surface area contributed by atoms with Crippen molar-refractivity contribution in [2.45, 2.75) is 25.2 Å². The van der Waals surface area contributed by atoms with Gasteiger partial charge in [0.25, 0.3) is 0 Å². The Morgan fingerprint density at radius 3 is 2.33 bits per heavy atom. The predicted molar refractivity (Wildman–Crippen MR) is 153 cm³/mol. The molecule has 0 radical (unpaired) electrons. The lowest BCUT2D eigenvalue weighted by atomic mass is 9.94. The van der Waals surface area contributed by atoms with Gasteiger partial charge in [0.15, 0.2) is 0 Å². The summed E-state index contributed by atoms with van der Waals surface area (Å²) >= 11 is 1.46. The molecular weight excluding hydrogens is 530 g/mol. The molecule has 0 bridgehead atoms. The number of sulfonamides is 1. The fourth-order valence-corrected chi connectivity index (χ4v) is 7.42. The molecule has 0 spiro atoms. The summed E-state index contributed by atoms with van der Waals surface area (Å²) < 4.78 is 34.2. The van der Waals surface area contributed by atoms with Gasteiger partial charge in [0, 0.05) is 13.1 Å². The molecule has 1 aliphatic heterocycles. The summed E-state index contributed by atoms with van der Waals surface area (Å²) in [6.07, 6.45) is 2.75. The third kappa shape index (κ3) is 5.93. The quantitative estimate of drug-likeness (QED) is 0.158.